The van der Waals surface area contributed by atoms with Gasteiger partial charge in [-0.3, -0.25) is 4.79 Å². The molecule has 0 saturated heterocycles. The van der Waals surface area contributed by atoms with Gasteiger partial charge in [-0.25, -0.2) is 0 Å². The van der Waals surface area contributed by atoms with Crippen LogP contribution in [0, 0.1) is 0 Å². The first-order valence-corrected chi connectivity index (χ1v) is 6.38. The third kappa shape index (κ3) is 5.09. The molecule has 0 heterocycles. The molecular weight excluding hydrogens is 238 g/mol. The Bertz CT molecular complexity index is 338. The Kier molecular flexibility index (Phi) is 6.48. The summed E-state index contributed by atoms with van der Waals surface area (Å²) in [4.78, 5) is 11.7. The van der Waals surface area contributed by atoms with Crippen molar-refractivity contribution in [1.82, 2.24) is 5.32 Å². The standard InChI is InChI=1S/C13H18ClNO2/c1-2-17-12-7-5-11(6-8-12)13(16)15-10-4-3-9-14/h5-8H,2-4,9-10H2,1H3,(H,15,16). The minimum absolute atomic E-state index is 0.0531. The van der Waals surface area contributed by atoms with Crippen molar-refractivity contribution in [3.63, 3.8) is 0 Å². The molecular formula is C13H18ClNO2. The maximum absolute atomic E-state index is 11.7. The van der Waals surface area contributed by atoms with Crippen molar-refractivity contribution in [2.75, 3.05) is 19.0 Å². The third-order valence-corrected chi connectivity index (χ3v) is 2.54. The molecule has 0 aliphatic rings. The molecule has 0 bridgehead atoms. The second kappa shape index (κ2) is 7.96. The third-order valence-electron chi connectivity index (χ3n) is 2.27. The average Bonchev–Trinajstić information content (AvgIpc) is 2.36. The summed E-state index contributed by atoms with van der Waals surface area (Å²) in [5.41, 5.74) is 0.652. The van der Waals surface area contributed by atoms with Crippen LogP contribution in [0.1, 0.15) is 30.1 Å². The Morgan fingerprint density at radius 1 is 1.29 bits per heavy atom. The molecule has 0 spiro atoms. The van der Waals surface area contributed by atoms with Crippen LogP contribution >= 0.6 is 11.6 Å². The summed E-state index contributed by atoms with van der Waals surface area (Å²) in [6, 6.07) is 7.14. The lowest BCUT2D eigenvalue weighted by Crippen LogP contribution is -2.24. The van der Waals surface area contributed by atoms with Crippen molar-refractivity contribution in [1.29, 1.82) is 0 Å². The minimum atomic E-state index is -0.0531. The summed E-state index contributed by atoms with van der Waals surface area (Å²) in [6.07, 6.45) is 1.83. The normalized spacial score (nSPS) is 10.0. The molecule has 0 unspecified atom stereocenters. The summed E-state index contributed by atoms with van der Waals surface area (Å²) >= 11 is 5.55. The van der Waals surface area contributed by atoms with Gasteiger partial charge in [-0.1, -0.05) is 0 Å². The molecule has 1 amide bonds. The highest BCUT2D eigenvalue weighted by atomic mass is 35.5. The number of amides is 1. The van der Waals surface area contributed by atoms with Crippen molar-refractivity contribution >= 4 is 17.5 Å². The maximum Gasteiger partial charge on any atom is 0.251 e. The van der Waals surface area contributed by atoms with Gasteiger partial charge in [-0.15, -0.1) is 11.6 Å². The van der Waals surface area contributed by atoms with Crippen LogP contribution in [0.2, 0.25) is 0 Å². The first-order chi connectivity index (χ1) is 8.27. The molecule has 0 atom stereocenters. The minimum Gasteiger partial charge on any atom is -0.494 e. The van der Waals surface area contributed by atoms with Gasteiger partial charge in [0, 0.05) is 18.0 Å². The zero-order chi connectivity index (χ0) is 12.5. The molecule has 0 aromatic heterocycles. The number of hydrogen-bond acceptors (Lipinski definition) is 2. The molecule has 0 radical (unpaired) electrons. The number of carbonyl (C=O) groups excluding carboxylic acids is 1. The lowest BCUT2D eigenvalue weighted by Gasteiger charge is -2.06. The molecule has 1 rings (SSSR count). The van der Waals surface area contributed by atoms with Crippen LogP contribution in [-0.4, -0.2) is 24.9 Å². The highest BCUT2D eigenvalue weighted by Crippen LogP contribution is 2.11. The number of alkyl halides is 1. The highest BCUT2D eigenvalue weighted by Gasteiger charge is 2.04. The zero-order valence-corrected chi connectivity index (χ0v) is 10.8. The Balaban J connectivity index is 2.40. The number of halogens is 1. The summed E-state index contributed by atoms with van der Waals surface area (Å²) in [7, 11) is 0. The van der Waals surface area contributed by atoms with E-state index < -0.39 is 0 Å². The van der Waals surface area contributed by atoms with Crippen molar-refractivity contribution in [3.05, 3.63) is 29.8 Å². The van der Waals surface area contributed by atoms with Crippen LogP contribution in [0.15, 0.2) is 24.3 Å². The fraction of sp³-hybridized carbons (Fsp3) is 0.462. The van der Waals surface area contributed by atoms with E-state index in [9.17, 15) is 4.79 Å². The Morgan fingerprint density at radius 3 is 2.59 bits per heavy atom. The number of ether oxygens (including phenoxy) is 1. The van der Waals surface area contributed by atoms with E-state index >= 15 is 0 Å². The number of nitrogens with one attached hydrogen (secondary N) is 1. The molecule has 0 aliphatic carbocycles. The summed E-state index contributed by atoms with van der Waals surface area (Å²) in [5.74, 6) is 1.37. The number of rotatable bonds is 7. The van der Waals surface area contributed by atoms with E-state index in [0.717, 1.165) is 18.6 Å². The van der Waals surface area contributed by atoms with Crippen molar-refractivity contribution < 1.29 is 9.53 Å². The lowest BCUT2D eigenvalue weighted by molar-refractivity contribution is 0.0953. The molecule has 4 heteroatoms. The van der Waals surface area contributed by atoms with E-state index in [1.807, 2.05) is 6.92 Å². The van der Waals surface area contributed by atoms with Crippen LogP contribution < -0.4 is 10.1 Å². The molecule has 17 heavy (non-hydrogen) atoms. The smallest absolute Gasteiger partial charge is 0.251 e. The molecule has 1 N–H and O–H groups in total. The zero-order valence-electron chi connectivity index (χ0n) is 10.0. The molecule has 1 aromatic rings. The first kappa shape index (κ1) is 13.8. The number of carbonyl (C=O) groups is 1. The number of unbranched alkanes of at least 4 members (excludes halogenated alkanes) is 1. The van der Waals surface area contributed by atoms with Gasteiger partial charge < -0.3 is 10.1 Å². The molecule has 94 valence electrons. The summed E-state index contributed by atoms with van der Waals surface area (Å²) < 4.78 is 5.31. The topological polar surface area (TPSA) is 38.3 Å². The van der Waals surface area contributed by atoms with E-state index in [4.69, 9.17) is 16.3 Å². The Morgan fingerprint density at radius 2 is 2.00 bits per heavy atom. The summed E-state index contributed by atoms with van der Waals surface area (Å²) in [5, 5.41) is 2.85. The largest absolute Gasteiger partial charge is 0.494 e. The average molecular weight is 256 g/mol. The van der Waals surface area contributed by atoms with Gasteiger partial charge in [0.1, 0.15) is 5.75 Å². The van der Waals surface area contributed by atoms with Gasteiger partial charge in [-0.05, 0) is 44.0 Å². The summed E-state index contributed by atoms with van der Waals surface area (Å²) in [6.45, 7) is 3.22. The number of benzene rings is 1. The van der Waals surface area contributed by atoms with Crippen molar-refractivity contribution in [2.45, 2.75) is 19.8 Å². The first-order valence-electron chi connectivity index (χ1n) is 5.85. The van der Waals surface area contributed by atoms with Crippen molar-refractivity contribution in [3.8, 4) is 5.75 Å². The lowest BCUT2D eigenvalue weighted by atomic mass is 10.2. The maximum atomic E-state index is 11.7. The van der Waals surface area contributed by atoms with Crippen LogP contribution in [-0.2, 0) is 0 Å². The van der Waals surface area contributed by atoms with Gasteiger partial charge in [0.05, 0.1) is 6.61 Å². The van der Waals surface area contributed by atoms with Gasteiger partial charge in [-0.2, -0.15) is 0 Å². The fourth-order valence-corrected chi connectivity index (χ4v) is 1.58. The predicted molar refractivity (Wildman–Crippen MR) is 69.9 cm³/mol. The second-order valence-corrected chi connectivity index (χ2v) is 3.99. The Hall–Kier alpha value is -1.22. The van der Waals surface area contributed by atoms with E-state index in [-0.39, 0.29) is 5.91 Å². The SMILES string of the molecule is CCOc1ccc(C(=O)NCCCCCl)cc1. The van der Waals surface area contributed by atoms with Crippen LogP contribution in [0.4, 0.5) is 0 Å². The van der Waals surface area contributed by atoms with E-state index in [1.54, 1.807) is 24.3 Å². The quantitative estimate of drug-likeness (QED) is 0.601. The van der Waals surface area contributed by atoms with Gasteiger partial charge in [0.25, 0.3) is 5.91 Å². The van der Waals surface area contributed by atoms with E-state index in [1.165, 1.54) is 0 Å². The van der Waals surface area contributed by atoms with Crippen molar-refractivity contribution in [2.24, 2.45) is 0 Å². The molecule has 3 nitrogen and oxygen atoms in total. The molecule has 1 aromatic carbocycles. The van der Waals surface area contributed by atoms with Gasteiger partial charge in [0.15, 0.2) is 0 Å². The van der Waals surface area contributed by atoms with Crippen LogP contribution in [0.25, 0.3) is 0 Å². The number of hydrogen-bond donors (Lipinski definition) is 1. The monoisotopic (exact) mass is 255 g/mol. The molecule has 0 aliphatic heterocycles. The van der Waals surface area contributed by atoms with Crippen LogP contribution in [0.3, 0.4) is 0 Å². The van der Waals surface area contributed by atoms with Crippen LogP contribution in [0.5, 0.6) is 5.75 Å². The highest BCUT2D eigenvalue weighted by molar-refractivity contribution is 6.17. The van der Waals surface area contributed by atoms with E-state index in [0.29, 0.717) is 24.6 Å². The second-order valence-electron chi connectivity index (χ2n) is 3.61. The fourth-order valence-electron chi connectivity index (χ4n) is 1.39. The van der Waals surface area contributed by atoms with E-state index in [2.05, 4.69) is 5.32 Å². The van der Waals surface area contributed by atoms with Gasteiger partial charge >= 0.3 is 0 Å². The predicted octanol–water partition coefficient (Wildman–Crippen LogP) is 2.83. The van der Waals surface area contributed by atoms with Gasteiger partial charge in [0.2, 0.25) is 0 Å². The molecule has 0 saturated carbocycles. The molecule has 0 fully saturated rings. The Labute approximate surface area is 107 Å².